The highest BCUT2D eigenvalue weighted by molar-refractivity contribution is 5.80. The van der Waals surface area contributed by atoms with Gasteiger partial charge in [0.25, 0.3) is 0 Å². The second kappa shape index (κ2) is 5.34. The summed E-state index contributed by atoms with van der Waals surface area (Å²) in [7, 11) is 1.76. The largest absolute Gasteiger partial charge is 0.398 e. The lowest BCUT2D eigenvalue weighted by molar-refractivity contribution is -0.127. The third-order valence-corrected chi connectivity index (χ3v) is 2.47. The molecule has 0 aromatic carbocycles. The molecule has 0 radical (unpaired) electrons. The van der Waals surface area contributed by atoms with Crippen molar-refractivity contribution in [3.8, 4) is 0 Å². The predicted molar refractivity (Wildman–Crippen MR) is 65.2 cm³/mol. The number of nitrogens with one attached hydrogen (secondary N) is 1. The maximum Gasteiger partial charge on any atom is 0.241 e. The summed E-state index contributed by atoms with van der Waals surface area (Å²) in [5, 5.41) is 2.95. The molecule has 1 aromatic rings. The quantitative estimate of drug-likeness (QED) is 0.792. The Morgan fingerprint density at radius 1 is 1.62 bits per heavy atom. The molecular weight excluding hydrogens is 204 g/mol. The average molecular weight is 222 g/mol. The highest BCUT2D eigenvalue weighted by Gasteiger charge is 2.06. The Morgan fingerprint density at radius 3 is 2.88 bits per heavy atom. The number of amides is 1. The summed E-state index contributed by atoms with van der Waals surface area (Å²) in [5.74, 6) is 0.657. The van der Waals surface area contributed by atoms with Crippen molar-refractivity contribution in [3.63, 3.8) is 0 Å². The normalized spacial score (nSPS) is 9.94. The lowest BCUT2D eigenvalue weighted by Gasteiger charge is -2.15. The van der Waals surface area contributed by atoms with Gasteiger partial charge < -0.3 is 16.0 Å². The van der Waals surface area contributed by atoms with Crippen LogP contribution in [0.25, 0.3) is 0 Å². The van der Waals surface area contributed by atoms with Crippen LogP contribution in [0.2, 0.25) is 0 Å². The van der Waals surface area contributed by atoms with Crippen molar-refractivity contribution in [2.45, 2.75) is 13.8 Å². The number of nitrogens with two attached hydrogens (primary N) is 1. The molecule has 3 N–H and O–H groups in total. The Hall–Kier alpha value is -1.78. The first-order chi connectivity index (χ1) is 7.54. The molecule has 5 heteroatoms. The SMILES string of the molecule is CCN(C)C(=O)CNc1cc(N)c(C)cn1. The standard InChI is InChI=1S/C11H18N4O/c1-4-15(3)11(16)7-14-10-5-9(12)8(2)6-13-10/h5-6H,4,7H2,1-3H3,(H3,12,13,14). The number of carbonyl (C=O) groups is 1. The zero-order valence-corrected chi connectivity index (χ0v) is 9.95. The molecule has 5 nitrogen and oxygen atoms in total. The van der Waals surface area contributed by atoms with E-state index >= 15 is 0 Å². The topological polar surface area (TPSA) is 71.2 Å². The van der Waals surface area contributed by atoms with E-state index in [1.807, 2.05) is 13.8 Å². The predicted octanol–water partition coefficient (Wildman–Crippen LogP) is 0.862. The van der Waals surface area contributed by atoms with E-state index in [4.69, 9.17) is 5.73 Å². The van der Waals surface area contributed by atoms with Crippen LogP contribution in [0.15, 0.2) is 12.3 Å². The lowest BCUT2D eigenvalue weighted by atomic mass is 10.2. The number of anilines is 2. The maximum absolute atomic E-state index is 11.5. The number of pyridine rings is 1. The van der Waals surface area contributed by atoms with Crippen LogP contribution in [0, 0.1) is 6.92 Å². The van der Waals surface area contributed by atoms with Crippen molar-refractivity contribution in [2.75, 3.05) is 31.2 Å². The van der Waals surface area contributed by atoms with E-state index in [0.717, 1.165) is 5.56 Å². The van der Waals surface area contributed by atoms with Crippen LogP contribution in [0.3, 0.4) is 0 Å². The Bertz CT molecular complexity index is 378. The maximum atomic E-state index is 11.5. The van der Waals surface area contributed by atoms with Gasteiger partial charge in [-0.1, -0.05) is 0 Å². The fraction of sp³-hybridized carbons (Fsp3) is 0.455. The number of hydrogen-bond donors (Lipinski definition) is 2. The van der Waals surface area contributed by atoms with Crippen molar-refractivity contribution in [1.29, 1.82) is 0 Å². The number of aromatic nitrogens is 1. The van der Waals surface area contributed by atoms with Gasteiger partial charge in [-0.25, -0.2) is 4.98 Å². The molecular formula is C11H18N4O. The Labute approximate surface area is 95.7 Å². The monoisotopic (exact) mass is 222 g/mol. The first-order valence-electron chi connectivity index (χ1n) is 5.24. The highest BCUT2D eigenvalue weighted by atomic mass is 16.2. The number of carbonyl (C=O) groups excluding carboxylic acids is 1. The van der Waals surface area contributed by atoms with Crippen LogP contribution in [-0.4, -0.2) is 35.9 Å². The molecule has 88 valence electrons. The van der Waals surface area contributed by atoms with Crippen LogP contribution < -0.4 is 11.1 Å². The third kappa shape index (κ3) is 3.12. The smallest absolute Gasteiger partial charge is 0.241 e. The molecule has 0 spiro atoms. The van der Waals surface area contributed by atoms with Gasteiger partial charge >= 0.3 is 0 Å². The van der Waals surface area contributed by atoms with E-state index in [2.05, 4.69) is 10.3 Å². The summed E-state index contributed by atoms with van der Waals surface area (Å²) < 4.78 is 0. The minimum Gasteiger partial charge on any atom is -0.398 e. The zero-order chi connectivity index (χ0) is 12.1. The number of hydrogen-bond acceptors (Lipinski definition) is 4. The van der Waals surface area contributed by atoms with Crippen molar-refractivity contribution in [1.82, 2.24) is 9.88 Å². The van der Waals surface area contributed by atoms with Gasteiger partial charge in [0, 0.05) is 31.5 Å². The van der Waals surface area contributed by atoms with Crippen LogP contribution in [0.1, 0.15) is 12.5 Å². The summed E-state index contributed by atoms with van der Waals surface area (Å²) in [4.78, 5) is 17.3. The molecule has 0 bridgehead atoms. The van der Waals surface area contributed by atoms with Crippen molar-refractivity contribution < 1.29 is 4.79 Å². The van der Waals surface area contributed by atoms with Gasteiger partial charge in [0.05, 0.1) is 6.54 Å². The molecule has 1 rings (SSSR count). The van der Waals surface area contributed by atoms with E-state index in [0.29, 0.717) is 18.1 Å². The minimum atomic E-state index is 0.0310. The van der Waals surface area contributed by atoms with Crippen molar-refractivity contribution in [2.24, 2.45) is 0 Å². The van der Waals surface area contributed by atoms with E-state index in [1.54, 1.807) is 24.2 Å². The molecule has 0 saturated carbocycles. The van der Waals surface area contributed by atoms with Crippen molar-refractivity contribution >= 4 is 17.4 Å². The molecule has 0 saturated heterocycles. The van der Waals surface area contributed by atoms with Gasteiger partial charge in [-0.3, -0.25) is 4.79 Å². The Kier molecular flexibility index (Phi) is 4.10. The zero-order valence-electron chi connectivity index (χ0n) is 9.95. The van der Waals surface area contributed by atoms with Crippen molar-refractivity contribution in [3.05, 3.63) is 17.8 Å². The highest BCUT2D eigenvalue weighted by Crippen LogP contribution is 2.13. The first-order valence-corrected chi connectivity index (χ1v) is 5.24. The van der Waals surface area contributed by atoms with E-state index in [9.17, 15) is 4.79 Å². The molecule has 0 aliphatic rings. The number of nitrogens with zero attached hydrogens (tertiary/aromatic N) is 2. The van der Waals surface area contributed by atoms with Crippen LogP contribution >= 0.6 is 0 Å². The minimum absolute atomic E-state index is 0.0310. The van der Waals surface area contributed by atoms with Gasteiger partial charge in [-0.15, -0.1) is 0 Å². The molecule has 0 aliphatic heterocycles. The molecule has 16 heavy (non-hydrogen) atoms. The molecule has 1 amide bonds. The molecule has 1 heterocycles. The molecule has 1 aromatic heterocycles. The summed E-state index contributed by atoms with van der Waals surface area (Å²) in [5.41, 5.74) is 7.35. The van der Waals surface area contributed by atoms with E-state index in [1.165, 1.54) is 0 Å². The van der Waals surface area contributed by atoms with Gasteiger partial charge in [-0.05, 0) is 19.4 Å². The number of likely N-dealkylation sites (N-methyl/N-ethyl adjacent to an activating group) is 1. The van der Waals surface area contributed by atoms with Crippen LogP contribution in [0.4, 0.5) is 11.5 Å². The van der Waals surface area contributed by atoms with Gasteiger partial charge in [0.1, 0.15) is 5.82 Å². The lowest BCUT2D eigenvalue weighted by Crippen LogP contribution is -2.32. The number of nitrogen functional groups attached to an aromatic ring is 1. The second-order valence-corrected chi connectivity index (χ2v) is 3.69. The van der Waals surface area contributed by atoms with Crippen LogP contribution in [0.5, 0.6) is 0 Å². The molecule has 0 atom stereocenters. The first kappa shape index (κ1) is 12.3. The number of rotatable bonds is 4. The molecule has 0 fully saturated rings. The van der Waals surface area contributed by atoms with Gasteiger partial charge in [-0.2, -0.15) is 0 Å². The summed E-state index contributed by atoms with van der Waals surface area (Å²) in [6.07, 6.45) is 1.69. The Balaban J connectivity index is 2.55. The summed E-state index contributed by atoms with van der Waals surface area (Å²) in [6.45, 7) is 4.76. The van der Waals surface area contributed by atoms with Gasteiger partial charge in [0.15, 0.2) is 0 Å². The van der Waals surface area contributed by atoms with E-state index < -0.39 is 0 Å². The fourth-order valence-corrected chi connectivity index (χ4v) is 1.11. The fourth-order valence-electron chi connectivity index (χ4n) is 1.11. The van der Waals surface area contributed by atoms with Crippen LogP contribution in [-0.2, 0) is 4.79 Å². The summed E-state index contributed by atoms with van der Waals surface area (Å²) >= 11 is 0. The average Bonchev–Trinajstić information content (AvgIpc) is 2.29. The Morgan fingerprint density at radius 2 is 2.31 bits per heavy atom. The number of aryl methyl sites for hydroxylation is 1. The summed E-state index contributed by atoms with van der Waals surface area (Å²) in [6, 6.07) is 1.73. The van der Waals surface area contributed by atoms with E-state index in [-0.39, 0.29) is 12.5 Å². The molecule has 0 unspecified atom stereocenters. The molecule has 0 aliphatic carbocycles. The van der Waals surface area contributed by atoms with Gasteiger partial charge in [0.2, 0.25) is 5.91 Å². The third-order valence-electron chi connectivity index (χ3n) is 2.47. The second-order valence-electron chi connectivity index (χ2n) is 3.69.